The van der Waals surface area contributed by atoms with Crippen LogP contribution in [-0.2, 0) is 9.53 Å². The standard InChI is InChI=1S/C17H30O2/c1-16-12-8-6-4-2-3-5-7-9-14-17(18)19-15-11-10-13-16/h13H,2-12,14-15H2,1H3. The number of carbonyl (C=O) groups is 1. The second-order valence-electron chi connectivity index (χ2n) is 5.74. The number of rotatable bonds is 0. The number of hydrogen-bond acceptors (Lipinski definition) is 2. The number of carbonyl (C=O) groups excluding carboxylic acids is 1. The monoisotopic (exact) mass is 266 g/mol. The van der Waals surface area contributed by atoms with Crippen LogP contribution < -0.4 is 0 Å². The first-order valence-corrected chi connectivity index (χ1v) is 8.10. The summed E-state index contributed by atoms with van der Waals surface area (Å²) in [6.07, 6.45) is 16.3. The van der Waals surface area contributed by atoms with Gasteiger partial charge in [-0.1, -0.05) is 50.2 Å². The molecule has 0 radical (unpaired) electrons. The third kappa shape index (κ3) is 9.75. The van der Waals surface area contributed by atoms with Crippen LogP contribution in [0.15, 0.2) is 11.6 Å². The predicted octanol–water partition coefficient (Wildman–Crippen LogP) is 5.17. The molecule has 110 valence electrons. The lowest BCUT2D eigenvalue weighted by molar-refractivity contribution is -0.143. The van der Waals surface area contributed by atoms with Crippen molar-refractivity contribution in [3.05, 3.63) is 11.6 Å². The van der Waals surface area contributed by atoms with Crippen LogP contribution in [0.1, 0.15) is 84.0 Å². The summed E-state index contributed by atoms with van der Waals surface area (Å²) in [6, 6.07) is 0. The van der Waals surface area contributed by atoms with E-state index in [1.54, 1.807) is 0 Å². The highest BCUT2D eigenvalue weighted by molar-refractivity contribution is 5.69. The van der Waals surface area contributed by atoms with Crippen molar-refractivity contribution in [1.82, 2.24) is 0 Å². The van der Waals surface area contributed by atoms with Gasteiger partial charge in [-0.05, 0) is 39.0 Å². The second-order valence-corrected chi connectivity index (χ2v) is 5.74. The lowest BCUT2D eigenvalue weighted by atomic mass is 10.0. The van der Waals surface area contributed by atoms with Gasteiger partial charge in [-0.25, -0.2) is 0 Å². The molecule has 0 fully saturated rings. The van der Waals surface area contributed by atoms with Gasteiger partial charge in [-0.2, -0.15) is 0 Å². The molecule has 1 rings (SSSR count). The van der Waals surface area contributed by atoms with E-state index in [0.717, 1.165) is 19.3 Å². The molecular weight excluding hydrogens is 236 g/mol. The zero-order valence-corrected chi connectivity index (χ0v) is 12.6. The molecule has 0 aromatic carbocycles. The second kappa shape index (κ2) is 11.1. The molecule has 0 aromatic rings. The molecule has 0 aromatic heterocycles. The fourth-order valence-electron chi connectivity index (χ4n) is 2.53. The maximum atomic E-state index is 11.5. The zero-order valence-electron chi connectivity index (χ0n) is 12.6. The number of hydrogen-bond donors (Lipinski definition) is 0. The van der Waals surface area contributed by atoms with Crippen LogP contribution in [0, 0.1) is 0 Å². The summed E-state index contributed by atoms with van der Waals surface area (Å²) >= 11 is 0. The highest BCUT2D eigenvalue weighted by atomic mass is 16.5. The molecule has 19 heavy (non-hydrogen) atoms. The van der Waals surface area contributed by atoms with Gasteiger partial charge < -0.3 is 4.74 Å². The average Bonchev–Trinajstić information content (AvgIpc) is 2.39. The molecule has 2 nitrogen and oxygen atoms in total. The number of esters is 1. The van der Waals surface area contributed by atoms with E-state index in [0.29, 0.717) is 13.0 Å². The van der Waals surface area contributed by atoms with Gasteiger partial charge in [0.05, 0.1) is 6.61 Å². The summed E-state index contributed by atoms with van der Waals surface area (Å²) in [5, 5.41) is 0. The van der Waals surface area contributed by atoms with Gasteiger partial charge in [0.2, 0.25) is 0 Å². The number of ether oxygens (including phenoxy) is 1. The van der Waals surface area contributed by atoms with Gasteiger partial charge in [0, 0.05) is 6.42 Å². The Kier molecular flexibility index (Phi) is 9.48. The van der Waals surface area contributed by atoms with Crippen LogP contribution >= 0.6 is 0 Å². The van der Waals surface area contributed by atoms with Crippen molar-refractivity contribution < 1.29 is 9.53 Å². The van der Waals surface area contributed by atoms with Crippen molar-refractivity contribution in [3.8, 4) is 0 Å². The third-order valence-corrected chi connectivity index (χ3v) is 3.81. The van der Waals surface area contributed by atoms with Crippen molar-refractivity contribution in [3.63, 3.8) is 0 Å². The van der Waals surface area contributed by atoms with E-state index >= 15 is 0 Å². The molecule has 0 N–H and O–H groups in total. The number of allylic oxidation sites excluding steroid dienone is 2. The summed E-state index contributed by atoms with van der Waals surface area (Å²) in [4.78, 5) is 11.5. The Bertz CT molecular complexity index is 268. The van der Waals surface area contributed by atoms with E-state index in [4.69, 9.17) is 4.74 Å². The third-order valence-electron chi connectivity index (χ3n) is 3.81. The van der Waals surface area contributed by atoms with Crippen LogP contribution in [0.4, 0.5) is 0 Å². The lowest BCUT2D eigenvalue weighted by Crippen LogP contribution is -2.05. The molecule has 0 spiro atoms. The average molecular weight is 266 g/mol. The van der Waals surface area contributed by atoms with Gasteiger partial charge in [-0.15, -0.1) is 0 Å². The fourth-order valence-corrected chi connectivity index (χ4v) is 2.53. The van der Waals surface area contributed by atoms with Gasteiger partial charge in [-0.3, -0.25) is 4.79 Å². The van der Waals surface area contributed by atoms with Crippen LogP contribution in [0.3, 0.4) is 0 Å². The van der Waals surface area contributed by atoms with Gasteiger partial charge >= 0.3 is 5.97 Å². The molecule has 2 heteroatoms. The van der Waals surface area contributed by atoms with Gasteiger partial charge in [0.15, 0.2) is 0 Å². The Hall–Kier alpha value is -0.790. The van der Waals surface area contributed by atoms with Crippen molar-refractivity contribution in [2.45, 2.75) is 84.0 Å². The molecule has 0 unspecified atom stereocenters. The fraction of sp³-hybridized carbons (Fsp3) is 0.824. The summed E-state index contributed by atoms with van der Waals surface area (Å²) < 4.78 is 5.23. The first-order valence-electron chi connectivity index (χ1n) is 8.10. The lowest BCUT2D eigenvalue weighted by Gasteiger charge is -2.04. The minimum Gasteiger partial charge on any atom is -0.466 e. The highest BCUT2D eigenvalue weighted by Crippen LogP contribution is 2.14. The van der Waals surface area contributed by atoms with Crippen LogP contribution in [0.25, 0.3) is 0 Å². The van der Waals surface area contributed by atoms with E-state index < -0.39 is 0 Å². The highest BCUT2D eigenvalue weighted by Gasteiger charge is 2.02. The summed E-state index contributed by atoms with van der Waals surface area (Å²) in [7, 11) is 0. The molecule has 0 aliphatic carbocycles. The van der Waals surface area contributed by atoms with E-state index in [1.165, 1.54) is 56.9 Å². The van der Waals surface area contributed by atoms with Crippen molar-refractivity contribution in [2.24, 2.45) is 0 Å². The van der Waals surface area contributed by atoms with E-state index in [9.17, 15) is 4.79 Å². The molecule has 0 saturated heterocycles. The molecule has 0 saturated carbocycles. The van der Waals surface area contributed by atoms with E-state index in [2.05, 4.69) is 13.0 Å². The SMILES string of the molecule is CC1=CCCCOC(=O)CCCCCCCCCC1. The predicted molar refractivity (Wildman–Crippen MR) is 80.1 cm³/mol. The van der Waals surface area contributed by atoms with E-state index in [-0.39, 0.29) is 5.97 Å². The normalized spacial score (nSPS) is 22.2. The molecule has 0 bridgehead atoms. The smallest absolute Gasteiger partial charge is 0.305 e. The molecular formula is C17H30O2. The van der Waals surface area contributed by atoms with Crippen LogP contribution in [-0.4, -0.2) is 12.6 Å². The maximum absolute atomic E-state index is 11.5. The van der Waals surface area contributed by atoms with Gasteiger partial charge in [0.25, 0.3) is 0 Å². The summed E-state index contributed by atoms with van der Waals surface area (Å²) in [5.74, 6) is -0.00924. The van der Waals surface area contributed by atoms with E-state index in [1.807, 2.05) is 0 Å². The molecule has 1 heterocycles. The Morgan fingerprint density at radius 3 is 2.11 bits per heavy atom. The van der Waals surface area contributed by atoms with Crippen LogP contribution in [0.2, 0.25) is 0 Å². The Morgan fingerprint density at radius 1 is 0.842 bits per heavy atom. The van der Waals surface area contributed by atoms with Crippen molar-refractivity contribution >= 4 is 5.97 Å². The molecule has 1 aliphatic rings. The number of cyclic esters (lactones) is 1. The van der Waals surface area contributed by atoms with Crippen molar-refractivity contribution in [2.75, 3.05) is 6.61 Å². The molecule has 1 aliphatic heterocycles. The topological polar surface area (TPSA) is 26.3 Å². The minimum atomic E-state index is -0.00924. The van der Waals surface area contributed by atoms with Gasteiger partial charge in [0.1, 0.15) is 0 Å². The largest absolute Gasteiger partial charge is 0.466 e. The molecule has 0 amide bonds. The Labute approximate surface area is 118 Å². The summed E-state index contributed by atoms with van der Waals surface area (Å²) in [6.45, 7) is 2.81. The Morgan fingerprint density at radius 2 is 1.42 bits per heavy atom. The molecule has 0 atom stereocenters. The first kappa shape index (κ1) is 16.3. The summed E-state index contributed by atoms with van der Waals surface area (Å²) in [5.41, 5.74) is 1.50. The minimum absolute atomic E-state index is 0.00924. The maximum Gasteiger partial charge on any atom is 0.305 e. The van der Waals surface area contributed by atoms with Crippen molar-refractivity contribution in [1.29, 1.82) is 0 Å². The first-order chi connectivity index (χ1) is 9.29. The Balaban J connectivity index is 2.26. The quantitative estimate of drug-likeness (QED) is 0.446. The van der Waals surface area contributed by atoms with Crippen LogP contribution in [0.5, 0.6) is 0 Å². The zero-order chi connectivity index (χ0) is 13.8.